The van der Waals surface area contributed by atoms with Crippen molar-refractivity contribution in [3.8, 4) is 0 Å². The molecule has 6 nitrogen and oxygen atoms in total. The molecule has 1 aliphatic carbocycles. The molecule has 1 saturated carbocycles. The predicted octanol–water partition coefficient (Wildman–Crippen LogP) is 3.38. The van der Waals surface area contributed by atoms with E-state index in [2.05, 4.69) is 20.3 Å². The zero-order valence-electron chi connectivity index (χ0n) is 14.8. The Morgan fingerprint density at radius 2 is 2.18 bits per heavy atom. The van der Waals surface area contributed by atoms with Crippen LogP contribution in [-0.4, -0.2) is 40.5 Å². The van der Waals surface area contributed by atoms with Crippen LogP contribution in [0, 0.1) is 23.6 Å². The maximum Gasteiger partial charge on any atom is 0.261 e. The summed E-state index contributed by atoms with van der Waals surface area (Å²) >= 11 is 7.25. The second-order valence-electron chi connectivity index (χ2n) is 7.28. The third-order valence-electron chi connectivity index (χ3n) is 5.68. The third-order valence-corrected chi connectivity index (χ3v) is 6.94. The number of amides is 1. The van der Waals surface area contributed by atoms with E-state index in [0.29, 0.717) is 35.0 Å². The molecule has 144 valence electrons. The molecule has 0 radical (unpaired) electrons. The molecule has 1 aliphatic heterocycles. The van der Waals surface area contributed by atoms with Gasteiger partial charge >= 0.3 is 0 Å². The van der Waals surface area contributed by atoms with Crippen molar-refractivity contribution >= 4 is 44.7 Å². The lowest BCUT2D eigenvalue weighted by molar-refractivity contribution is 0.0956. The van der Waals surface area contributed by atoms with Gasteiger partial charge in [-0.25, -0.2) is 9.37 Å². The molecule has 3 aromatic rings. The van der Waals surface area contributed by atoms with Gasteiger partial charge in [0.05, 0.1) is 15.8 Å². The van der Waals surface area contributed by atoms with Crippen molar-refractivity contribution in [1.29, 1.82) is 0 Å². The number of fused-ring (bicyclic) bond motifs is 2. The minimum absolute atomic E-state index is 0.0358. The number of thiophene rings is 1. The van der Waals surface area contributed by atoms with Crippen LogP contribution in [0.5, 0.6) is 0 Å². The van der Waals surface area contributed by atoms with Crippen LogP contribution in [0.2, 0.25) is 5.28 Å². The van der Waals surface area contributed by atoms with Gasteiger partial charge in [-0.2, -0.15) is 4.98 Å². The Bertz CT molecular complexity index is 1010. The maximum absolute atomic E-state index is 13.9. The van der Waals surface area contributed by atoms with Crippen LogP contribution < -0.4 is 10.2 Å². The Balaban J connectivity index is 1.12. The molecule has 1 amide bonds. The second-order valence-corrected chi connectivity index (χ2v) is 8.70. The smallest absolute Gasteiger partial charge is 0.261 e. The number of rotatable bonds is 5. The van der Waals surface area contributed by atoms with Gasteiger partial charge < -0.3 is 10.2 Å². The van der Waals surface area contributed by atoms with E-state index in [4.69, 9.17) is 11.6 Å². The highest BCUT2D eigenvalue weighted by molar-refractivity contribution is 7.20. The summed E-state index contributed by atoms with van der Waals surface area (Å²) in [4.78, 5) is 26.8. The van der Waals surface area contributed by atoms with E-state index in [9.17, 15) is 9.18 Å². The summed E-state index contributed by atoms with van der Waals surface area (Å²) in [6.45, 7) is 2.20. The molecule has 2 fully saturated rings. The summed E-state index contributed by atoms with van der Waals surface area (Å²) < 4.78 is 14.9. The number of pyridine rings is 1. The molecule has 0 unspecified atom stereocenters. The Morgan fingerprint density at radius 1 is 1.36 bits per heavy atom. The average molecular weight is 418 g/mol. The van der Waals surface area contributed by atoms with Gasteiger partial charge in [0, 0.05) is 32.0 Å². The average Bonchev–Trinajstić information content (AvgIpc) is 3.05. The Hall–Kier alpha value is -2.32. The van der Waals surface area contributed by atoms with Crippen LogP contribution in [0.25, 0.3) is 10.1 Å². The number of carbonyl (C=O) groups excluding carboxylic acids is 1. The Morgan fingerprint density at radius 3 is 2.96 bits per heavy atom. The summed E-state index contributed by atoms with van der Waals surface area (Å²) in [5, 5.41) is 4.12. The minimum Gasteiger partial charge on any atom is -0.353 e. The molecule has 5 rings (SSSR count). The fourth-order valence-corrected chi connectivity index (χ4v) is 5.32. The fourth-order valence-electron chi connectivity index (χ4n) is 4.25. The van der Waals surface area contributed by atoms with Crippen molar-refractivity contribution in [2.24, 2.45) is 17.8 Å². The number of piperidine rings is 1. The molecular formula is C19H17ClFN5OS. The van der Waals surface area contributed by atoms with Crippen molar-refractivity contribution in [1.82, 2.24) is 20.3 Å². The van der Waals surface area contributed by atoms with Gasteiger partial charge in [0.15, 0.2) is 11.6 Å². The van der Waals surface area contributed by atoms with Crippen LogP contribution >= 0.6 is 22.9 Å². The normalized spacial score (nSPS) is 23.1. The van der Waals surface area contributed by atoms with Crippen molar-refractivity contribution < 1.29 is 9.18 Å². The lowest BCUT2D eigenvalue weighted by Crippen LogP contribution is -2.28. The molecule has 0 spiro atoms. The number of hydrogen-bond acceptors (Lipinski definition) is 6. The fraction of sp³-hybridized carbons (Fsp3) is 0.368. The highest BCUT2D eigenvalue weighted by atomic mass is 35.5. The third kappa shape index (κ3) is 3.20. The molecule has 3 aromatic heterocycles. The van der Waals surface area contributed by atoms with Crippen molar-refractivity contribution in [3.05, 3.63) is 46.7 Å². The van der Waals surface area contributed by atoms with E-state index in [0.717, 1.165) is 35.8 Å². The zero-order chi connectivity index (χ0) is 19.3. The van der Waals surface area contributed by atoms with Gasteiger partial charge in [-0.1, -0.05) is 0 Å². The second kappa shape index (κ2) is 6.93. The van der Waals surface area contributed by atoms with Crippen molar-refractivity contribution in [2.45, 2.75) is 6.42 Å². The first-order valence-electron chi connectivity index (χ1n) is 9.15. The van der Waals surface area contributed by atoms with Gasteiger partial charge in [0.1, 0.15) is 0 Å². The summed E-state index contributed by atoms with van der Waals surface area (Å²) in [6, 6.07) is 3.82. The molecule has 3 atom stereocenters. The summed E-state index contributed by atoms with van der Waals surface area (Å²) in [6.07, 6.45) is 5.56. The number of halogens is 2. The molecular weight excluding hydrogens is 401 g/mol. The van der Waals surface area contributed by atoms with E-state index in [-0.39, 0.29) is 11.2 Å². The van der Waals surface area contributed by atoms with Gasteiger partial charge in [-0.15, -0.1) is 11.3 Å². The summed E-state index contributed by atoms with van der Waals surface area (Å²) in [5.74, 6) is 1.45. The lowest BCUT2D eigenvalue weighted by Gasteiger charge is -2.21. The number of hydrogen-bond donors (Lipinski definition) is 1. The first-order chi connectivity index (χ1) is 13.6. The number of anilines is 1. The van der Waals surface area contributed by atoms with Gasteiger partial charge in [-0.05, 0) is 53.3 Å². The van der Waals surface area contributed by atoms with E-state index in [1.165, 1.54) is 11.3 Å². The highest BCUT2D eigenvalue weighted by Gasteiger charge is 2.55. The van der Waals surface area contributed by atoms with E-state index >= 15 is 0 Å². The molecule has 9 heteroatoms. The minimum atomic E-state index is -0.437. The van der Waals surface area contributed by atoms with Crippen LogP contribution in [-0.2, 0) is 0 Å². The predicted molar refractivity (Wildman–Crippen MR) is 106 cm³/mol. The van der Waals surface area contributed by atoms with Gasteiger partial charge in [0.25, 0.3) is 5.91 Å². The molecule has 1 N–H and O–H groups in total. The number of aromatic nitrogens is 3. The maximum atomic E-state index is 13.9. The zero-order valence-corrected chi connectivity index (χ0v) is 16.4. The molecule has 2 aliphatic rings. The largest absolute Gasteiger partial charge is 0.353 e. The summed E-state index contributed by atoms with van der Waals surface area (Å²) in [7, 11) is 0. The quantitative estimate of drug-likeness (QED) is 0.644. The van der Waals surface area contributed by atoms with Crippen LogP contribution in [0.15, 0.2) is 30.7 Å². The van der Waals surface area contributed by atoms with Gasteiger partial charge in [-0.3, -0.25) is 9.78 Å². The van der Waals surface area contributed by atoms with Gasteiger partial charge in [0.2, 0.25) is 5.28 Å². The Labute approximate surface area is 169 Å². The number of nitrogens with zero attached hydrogens (tertiary/aromatic N) is 4. The van der Waals surface area contributed by atoms with Crippen LogP contribution in [0.3, 0.4) is 0 Å². The van der Waals surface area contributed by atoms with Crippen molar-refractivity contribution in [2.75, 3.05) is 24.5 Å². The molecule has 1 saturated heterocycles. The lowest BCUT2D eigenvalue weighted by atomic mass is 10.2. The standard InChI is InChI=1S/C19H17ClFN5OS/c20-19-24-6-14(21)17(25-19)26-8-12-11(13(12)9-26)2-4-23-18(27)15-5-10-1-3-22-7-16(10)28-15/h1,3,5-7,11-13H,2,4,8-9H2,(H,23,27)/t11-,12-,13+. The molecule has 0 aromatic carbocycles. The molecule has 0 bridgehead atoms. The molecule has 4 heterocycles. The highest BCUT2D eigenvalue weighted by Crippen LogP contribution is 2.54. The van der Waals surface area contributed by atoms with E-state index < -0.39 is 5.82 Å². The van der Waals surface area contributed by atoms with E-state index in [1.54, 1.807) is 12.4 Å². The van der Waals surface area contributed by atoms with E-state index in [1.807, 2.05) is 17.0 Å². The molecule has 28 heavy (non-hydrogen) atoms. The topological polar surface area (TPSA) is 71.0 Å². The number of carbonyl (C=O) groups is 1. The summed E-state index contributed by atoms with van der Waals surface area (Å²) in [5.41, 5.74) is 0. The Kier molecular flexibility index (Phi) is 4.40. The van der Waals surface area contributed by atoms with Crippen molar-refractivity contribution in [3.63, 3.8) is 0 Å². The monoisotopic (exact) mass is 417 g/mol. The first kappa shape index (κ1) is 17.8. The van der Waals surface area contributed by atoms with Crippen LogP contribution in [0.1, 0.15) is 16.1 Å². The SMILES string of the molecule is O=C(NCC[C@@H]1[C@H]2CN(c3nc(Cl)ncc3F)C[C@@H]12)c1cc2ccncc2s1. The number of nitrogens with one attached hydrogen (secondary N) is 1. The van der Waals surface area contributed by atoms with Crippen LogP contribution in [0.4, 0.5) is 10.2 Å². The first-order valence-corrected chi connectivity index (χ1v) is 10.3.